The van der Waals surface area contributed by atoms with Gasteiger partial charge in [-0.3, -0.25) is 0 Å². The maximum atomic E-state index is 13.6. The number of halogens is 4. The van der Waals surface area contributed by atoms with E-state index in [9.17, 15) is 13.2 Å². The van der Waals surface area contributed by atoms with E-state index >= 15 is 0 Å². The van der Waals surface area contributed by atoms with Crippen LogP contribution in [0.2, 0.25) is 5.02 Å². The van der Waals surface area contributed by atoms with Gasteiger partial charge in [-0.25, -0.2) is 13.2 Å². The number of benzene rings is 2. The Labute approximate surface area is 112 Å². The minimum Gasteiger partial charge on any atom is -0.351 e. The van der Waals surface area contributed by atoms with E-state index in [2.05, 4.69) is 5.32 Å². The molecule has 0 saturated heterocycles. The summed E-state index contributed by atoms with van der Waals surface area (Å²) in [5.74, 6) is -2.50. The smallest absolute Gasteiger partial charge is 0.151 e. The Morgan fingerprint density at radius 1 is 1.11 bits per heavy atom. The van der Waals surface area contributed by atoms with Crippen molar-refractivity contribution in [3.05, 3.63) is 58.4 Å². The Kier molecular flexibility index (Phi) is 3.63. The Morgan fingerprint density at radius 2 is 1.84 bits per heavy atom. The van der Waals surface area contributed by atoms with Gasteiger partial charge in [0.15, 0.2) is 5.82 Å². The second-order valence-corrected chi connectivity index (χ2v) is 4.05. The first-order valence-corrected chi connectivity index (χ1v) is 5.51. The highest BCUT2D eigenvalue weighted by Gasteiger charge is 2.13. The second kappa shape index (κ2) is 5.21. The van der Waals surface area contributed by atoms with Gasteiger partial charge >= 0.3 is 0 Å². The molecule has 1 N–H and O–H groups in total. The molecule has 0 spiro atoms. The van der Waals surface area contributed by atoms with Gasteiger partial charge in [0.1, 0.15) is 23.3 Å². The Balaban J connectivity index is 2.49. The predicted octanol–water partition coefficient (Wildman–Crippen LogP) is 4.37. The summed E-state index contributed by atoms with van der Waals surface area (Å²) in [6.45, 7) is 0. The zero-order chi connectivity index (χ0) is 14.0. The van der Waals surface area contributed by atoms with Crippen molar-refractivity contribution in [3.63, 3.8) is 0 Å². The van der Waals surface area contributed by atoms with Crippen LogP contribution in [0.5, 0.6) is 0 Å². The van der Waals surface area contributed by atoms with Gasteiger partial charge in [0.2, 0.25) is 0 Å². The topological polar surface area (TPSA) is 35.8 Å². The average Bonchev–Trinajstić information content (AvgIpc) is 2.34. The molecule has 0 amide bonds. The van der Waals surface area contributed by atoms with Crippen LogP contribution in [0.4, 0.5) is 24.5 Å². The molecule has 2 aromatic rings. The first kappa shape index (κ1) is 13.2. The van der Waals surface area contributed by atoms with Crippen LogP contribution in [-0.4, -0.2) is 0 Å². The molecule has 0 aliphatic rings. The normalized spacial score (nSPS) is 10.1. The lowest BCUT2D eigenvalue weighted by Gasteiger charge is -2.11. The minimum atomic E-state index is -0.932. The third-order valence-electron chi connectivity index (χ3n) is 2.39. The van der Waals surface area contributed by atoms with E-state index in [1.54, 1.807) is 6.07 Å². The van der Waals surface area contributed by atoms with Crippen molar-refractivity contribution in [2.45, 2.75) is 0 Å². The minimum absolute atomic E-state index is 0.0508. The van der Waals surface area contributed by atoms with Crippen LogP contribution >= 0.6 is 11.6 Å². The number of rotatable bonds is 2. The molecule has 2 rings (SSSR count). The van der Waals surface area contributed by atoms with Gasteiger partial charge in [-0.1, -0.05) is 17.7 Å². The molecule has 2 nitrogen and oxygen atoms in total. The quantitative estimate of drug-likeness (QED) is 0.887. The van der Waals surface area contributed by atoms with Gasteiger partial charge in [0, 0.05) is 6.07 Å². The molecule has 2 aromatic carbocycles. The van der Waals surface area contributed by atoms with E-state index in [0.717, 1.165) is 12.1 Å². The Bertz CT molecular complexity index is 657. The highest BCUT2D eigenvalue weighted by molar-refractivity contribution is 6.33. The average molecular weight is 283 g/mol. The van der Waals surface area contributed by atoms with Crippen LogP contribution in [0.15, 0.2) is 30.3 Å². The number of anilines is 2. The molecule has 0 saturated carbocycles. The van der Waals surface area contributed by atoms with E-state index in [4.69, 9.17) is 16.9 Å². The summed E-state index contributed by atoms with van der Waals surface area (Å²) < 4.78 is 39.8. The maximum Gasteiger partial charge on any atom is 0.151 e. The van der Waals surface area contributed by atoms with Crippen LogP contribution in [0, 0.1) is 28.8 Å². The molecule has 96 valence electrons. The van der Waals surface area contributed by atoms with Gasteiger partial charge in [-0.05, 0) is 18.2 Å². The molecule has 0 heterocycles. The molecule has 19 heavy (non-hydrogen) atoms. The molecule has 6 heteroatoms. The third kappa shape index (κ3) is 2.64. The lowest BCUT2D eigenvalue weighted by molar-refractivity contribution is 0.586. The van der Waals surface area contributed by atoms with Gasteiger partial charge in [0.25, 0.3) is 0 Å². The molecule has 0 unspecified atom stereocenters. The summed E-state index contributed by atoms with van der Waals surface area (Å²) in [5, 5.41) is 11.1. The third-order valence-corrected chi connectivity index (χ3v) is 2.69. The monoisotopic (exact) mass is 282 g/mol. The highest BCUT2D eigenvalue weighted by Crippen LogP contribution is 2.31. The Morgan fingerprint density at radius 3 is 2.47 bits per heavy atom. The van der Waals surface area contributed by atoms with E-state index in [1.807, 2.05) is 0 Å². The summed E-state index contributed by atoms with van der Waals surface area (Å²) in [7, 11) is 0. The van der Waals surface area contributed by atoms with E-state index < -0.39 is 17.5 Å². The molecule has 0 aliphatic carbocycles. The van der Waals surface area contributed by atoms with Gasteiger partial charge in [-0.15, -0.1) is 0 Å². The summed E-state index contributed by atoms with van der Waals surface area (Å²) in [6.07, 6.45) is 0. The number of nitrogens with one attached hydrogen (secondary N) is 1. The number of hydrogen-bond donors (Lipinski definition) is 1. The molecule has 0 radical (unpaired) electrons. The van der Waals surface area contributed by atoms with Crippen molar-refractivity contribution >= 4 is 23.0 Å². The first-order valence-electron chi connectivity index (χ1n) is 5.13. The largest absolute Gasteiger partial charge is 0.351 e. The molecule has 0 aliphatic heterocycles. The number of hydrogen-bond acceptors (Lipinski definition) is 2. The van der Waals surface area contributed by atoms with Gasteiger partial charge in [0.05, 0.1) is 16.4 Å². The van der Waals surface area contributed by atoms with Crippen LogP contribution in [0.1, 0.15) is 5.56 Å². The molecular formula is C13H6ClF3N2. The maximum absolute atomic E-state index is 13.6. The van der Waals surface area contributed by atoms with Gasteiger partial charge < -0.3 is 5.32 Å². The van der Waals surface area contributed by atoms with Crippen molar-refractivity contribution in [2.75, 3.05) is 5.32 Å². The fourth-order valence-corrected chi connectivity index (χ4v) is 1.78. The van der Waals surface area contributed by atoms with Crippen molar-refractivity contribution in [1.82, 2.24) is 0 Å². The fraction of sp³-hybridized carbons (Fsp3) is 0. The van der Waals surface area contributed by atoms with Crippen molar-refractivity contribution < 1.29 is 13.2 Å². The number of nitriles is 1. The summed E-state index contributed by atoms with van der Waals surface area (Å²) in [4.78, 5) is 0. The summed E-state index contributed by atoms with van der Waals surface area (Å²) in [6, 6.07) is 7.06. The second-order valence-electron chi connectivity index (χ2n) is 3.64. The lowest BCUT2D eigenvalue weighted by atomic mass is 10.1. The standard InChI is InChI=1S/C13H6ClF3N2/c14-9-4-7(15)5-11(17)13(9)19-12-3-1-2-10(16)8(12)6-18/h1-5,19H. The van der Waals surface area contributed by atoms with E-state index in [1.165, 1.54) is 12.1 Å². The summed E-state index contributed by atoms with van der Waals surface area (Å²) >= 11 is 5.70. The Hall–Kier alpha value is -2.19. The van der Waals surface area contributed by atoms with Gasteiger partial charge in [-0.2, -0.15) is 5.26 Å². The first-order chi connectivity index (χ1) is 9.02. The van der Waals surface area contributed by atoms with Crippen LogP contribution < -0.4 is 5.32 Å². The van der Waals surface area contributed by atoms with Crippen LogP contribution in [0.3, 0.4) is 0 Å². The van der Waals surface area contributed by atoms with Crippen molar-refractivity contribution in [2.24, 2.45) is 0 Å². The predicted molar refractivity (Wildman–Crippen MR) is 65.8 cm³/mol. The van der Waals surface area contributed by atoms with E-state index in [-0.39, 0.29) is 22.0 Å². The molecular weight excluding hydrogens is 277 g/mol. The number of nitrogens with zero attached hydrogens (tertiary/aromatic N) is 1. The molecule has 0 aromatic heterocycles. The zero-order valence-corrected chi connectivity index (χ0v) is 10.1. The van der Waals surface area contributed by atoms with Crippen molar-refractivity contribution in [3.8, 4) is 6.07 Å². The van der Waals surface area contributed by atoms with E-state index in [0.29, 0.717) is 6.07 Å². The SMILES string of the molecule is N#Cc1c(F)cccc1Nc1c(F)cc(F)cc1Cl. The fourth-order valence-electron chi connectivity index (χ4n) is 1.54. The molecule has 0 bridgehead atoms. The summed E-state index contributed by atoms with van der Waals surface area (Å²) in [5.41, 5.74) is -0.442. The van der Waals surface area contributed by atoms with Crippen LogP contribution in [0.25, 0.3) is 0 Å². The zero-order valence-electron chi connectivity index (χ0n) is 9.35. The molecule has 0 atom stereocenters. The lowest BCUT2D eigenvalue weighted by Crippen LogP contribution is -1.99. The highest BCUT2D eigenvalue weighted by atomic mass is 35.5. The molecule has 0 fully saturated rings. The van der Waals surface area contributed by atoms with Crippen molar-refractivity contribution in [1.29, 1.82) is 5.26 Å². The van der Waals surface area contributed by atoms with Crippen LogP contribution in [-0.2, 0) is 0 Å².